The maximum absolute atomic E-state index is 5.10. The third-order valence-electron chi connectivity index (χ3n) is 3.55. The summed E-state index contributed by atoms with van der Waals surface area (Å²) in [6, 6.07) is 0. The summed E-state index contributed by atoms with van der Waals surface area (Å²) in [7, 11) is 0. The fourth-order valence-electron chi connectivity index (χ4n) is 2.68. The molecule has 82 valence electrons. The third-order valence-corrected chi connectivity index (χ3v) is 3.55. The first-order valence-corrected chi connectivity index (χ1v) is 5.63. The average molecular weight is 206 g/mol. The van der Waals surface area contributed by atoms with Gasteiger partial charge in [0.1, 0.15) is 0 Å². The molecule has 2 bridgehead atoms. The highest BCUT2D eigenvalue weighted by Gasteiger charge is 2.35. The van der Waals surface area contributed by atoms with E-state index >= 15 is 0 Å². The zero-order chi connectivity index (χ0) is 10.7. The molecule has 3 aliphatic heterocycles. The van der Waals surface area contributed by atoms with E-state index in [1.54, 1.807) is 0 Å². The van der Waals surface area contributed by atoms with Gasteiger partial charge in [-0.1, -0.05) is 11.1 Å². The van der Waals surface area contributed by atoms with Gasteiger partial charge in [-0.15, -0.1) is 6.42 Å². The number of hydrogen-bond acceptors (Lipinski definition) is 3. The number of nitrogens with zero attached hydrogens (tertiary/aromatic N) is 2. The van der Waals surface area contributed by atoms with Gasteiger partial charge < -0.3 is 9.74 Å². The summed E-state index contributed by atoms with van der Waals surface area (Å²) in [4.78, 5) is 7.56. The van der Waals surface area contributed by atoms with Crippen molar-refractivity contribution >= 4 is 5.71 Å². The van der Waals surface area contributed by atoms with E-state index < -0.39 is 0 Å². The summed E-state index contributed by atoms with van der Waals surface area (Å²) < 4.78 is 0. The van der Waals surface area contributed by atoms with Crippen molar-refractivity contribution in [2.24, 2.45) is 17.0 Å². The van der Waals surface area contributed by atoms with Crippen LogP contribution in [0.25, 0.3) is 0 Å². The van der Waals surface area contributed by atoms with Crippen molar-refractivity contribution in [3.63, 3.8) is 0 Å². The van der Waals surface area contributed by atoms with Crippen LogP contribution in [0, 0.1) is 24.2 Å². The lowest BCUT2D eigenvalue weighted by Gasteiger charge is -2.44. The molecule has 3 nitrogen and oxygen atoms in total. The predicted molar refractivity (Wildman–Crippen MR) is 60.5 cm³/mol. The Morgan fingerprint density at radius 1 is 1.53 bits per heavy atom. The van der Waals surface area contributed by atoms with Crippen molar-refractivity contribution in [3.05, 3.63) is 0 Å². The van der Waals surface area contributed by atoms with Gasteiger partial charge in [-0.25, -0.2) is 0 Å². The van der Waals surface area contributed by atoms with Crippen molar-refractivity contribution in [1.29, 1.82) is 0 Å². The summed E-state index contributed by atoms with van der Waals surface area (Å²) >= 11 is 0. The maximum Gasteiger partial charge on any atom is 0.177 e. The van der Waals surface area contributed by atoms with Crippen molar-refractivity contribution in [2.75, 3.05) is 26.2 Å². The summed E-state index contributed by atoms with van der Waals surface area (Å²) in [6.07, 6.45) is 7.73. The molecule has 3 aliphatic rings. The predicted octanol–water partition coefficient (Wildman–Crippen LogP) is 1.35. The second kappa shape index (κ2) is 4.67. The molecular formula is C12H18N2O. The second-order valence-electron chi connectivity index (χ2n) is 4.45. The van der Waals surface area contributed by atoms with Crippen molar-refractivity contribution in [2.45, 2.75) is 19.8 Å². The van der Waals surface area contributed by atoms with Gasteiger partial charge in [0.2, 0.25) is 0 Å². The Balaban J connectivity index is 1.93. The molecule has 0 aromatic carbocycles. The molecule has 0 aromatic rings. The van der Waals surface area contributed by atoms with Crippen LogP contribution in [0.3, 0.4) is 0 Å². The highest BCUT2D eigenvalue weighted by Crippen LogP contribution is 2.33. The van der Waals surface area contributed by atoms with Gasteiger partial charge in [0, 0.05) is 12.5 Å². The summed E-state index contributed by atoms with van der Waals surface area (Å²) in [5, 5.41) is 4.10. The first kappa shape index (κ1) is 10.5. The number of terminal acetylenes is 1. The molecule has 3 heteroatoms. The Morgan fingerprint density at radius 2 is 2.27 bits per heavy atom. The molecule has 1 atom stereocenters. The zero-order valence-electron chi connectivity index (χ0n) is 9.28. The van der Waals surface area contributed by atoms with Gasteiger partial charge in [-0.05, 0) is 38.8 Å². The fourth-order valence-corrected chi connectivity index (χ4v) is 2.68. The van der Waals surface area contributed by atoms with Gasteiger partial charge in [0.15, 0.2) is 6.61 Å². The van der Waals surface area contributed by atoms with Crippen LogP contribution >= 0.6 is 0 Å². The Hall–Kier alpha value is -1.01. The van der Waals surface area contributed by atoms with Gasteiger partial charge in [0.05, 0.1) is 5.71 Å². The van der Waals surface area contributed by atoms with E-state index in [0.29, 0.717) is 5.92 Å². The molecule has 15 heavy (non-hydrogen) atoms. The largest absolute Gasteiger partial charge is 0.383 e. The zero-order valence-corrected chi connectivity index (χ0v) is 9.28. The third kappa shape index (κ3) is 2.32. The lowest BCUT2D eigenvalue weighted by molar-refractivity contribution is 0.0782. The normalized spacial score (nSPS) is 34.9. The molecule has 0 saturated carbocycles. The van der Waals surface area contributed by atoms with Crippen LogP contribution in [-0.2, 0) is 4.84 Å². The summed E-state index contributed by atoms with van der Waals surface area (Å²) in [5.41, 5.74) is 1.11. The van der Waals surface area contributed by atoms with E-state index in [4.69, 9.17) is 11.3 Å². The van der Waals surface area contributed by atoms with Crippen molar-refractivity contribution < 1.29 is 4.84 Å². The van der Waals surface area contributed by atoms with E-state index in [0.717, 1.165) is 18.2 Å². The fraction of sp³-hybridized carbons (Fsp3) is 0.750. The molecule has 1 unspecified atom stereocenters. The molecule has 3 heterocycles. The van der Waals surface area contributed by atoms with Crippen LogP contribution in [0.1, 0.15) is 19.8 Å². The standard InChI is InChI=1S/C12H18N2O/c1-3-8-15-13-10(2)12-9-14-6-4-11(12)5-7-14/h1,11-12H,4-9H2,2H3. The van der Waals surface area contributed by atoms with Crippen LogP contribution in [0.4, 0.5) is 0 Å². The SMILES string of the molecule is C#CCON=C(C)C1CN2CCC1CC2. The first-order chi connectivity index (χ1) is 7.31. The topological polar surface area (TPSA) is 24.8 Å². The van der Waals surface area contributed by atoms with E-state index in [-0.39, 0.29) is 6.61 Å². The Kier molecular flexibility index (Phi) is 3.27. The van der Waals surface area contributed by atoms with E-state index in [1.165, 1.54) is 25.9 Å². The van der Waals surface area contributed by atoms with Crippen LogP contribution in [0.5, 0.6) is 0 Å². The first-order valence-electron chi connectivity index (χ1n) is 5.63. The van der Waals surface area contributed by atoms with Crippen LogP contribution in [0.2, 0.25) is 0 Å². The Bertz CT molecular complexity index is 284. The Labute approximate surface area is 91.5 Å². The van der Waals surface area contributed by atoms with E-state index in [2.05, 4.69) is 22.9 Å². The molecular weight excluding hydrogens is 188 g/mol. The minimum atomic E-state index is 0.276. The van der Waals surface area contributed by atoms with Gasteiger partial charge in [0.25, 0.3) is 0 Å². The van der Waals surface area contributed by atoms with Gasteiger partial charge >= 0.3 is 0 Å². The molecule has 0 radical (unpaired) electrons. The second-order valence-corrected chi connectivity index (χ2v) is 4.45. The highest BCUT2D eigenvalue weighted by atomic mass is 16.6. The number of rotatable bonds is 3. The van der Waals surface area contributed by atoms with Crippen molar-refractivity contribution in [1.82, 2.24) is 4.90 Å². The smallest absolute Gasteiger partial charge is 0.177 e. The minimum Gasteiger partial charge on any atom is -0.383 e. The van der Waals surface area contributed by atoms with Gasteiger partial charge in [-0.2, -0.15) is 0 Å². The molecule has 0 aromatic heterocycles. The van der Waals surface area contributed by atoms with Crippen LogP contribution in [-0.4, -0.2) is 36.9 Å². The van der Waals surface area contributed by atoms with E-state index in [1.807, 2.05) is 0 Å². The van der Waals surface area contributed by atoms with Crippen LogP contribution in [0.15, 0.2) is 5.16 Å². The quantitative estimate of drug-likeness (QED) is 0.301. The summed E-state index contributed by atoms with van der Waals surface area (Å²) in [5.74, 6) is 3.82. The van der Waals surface area contributed by atoms with E-state index in [9.17, 15) is 0 Å². The lowest BCUT2D eigenvalue weighted by atomic mass is 9.77. The molecule has 3 fully saturated rings. The van der Waals surface area contributed by atoms with Crippen molar-refractivity contribution in [3.8, 4) is 12.3 Å². The molecule has 3 rings (SSSR count). The molecule has 3 saturated heterocycles. The van der Waals surface area contributed by atoms with Gasteiger partial charge in [-0.3, -0.25) is 0 Å². The summed E-state index contributed by atoms with van der Waals surface area (Å²) in [6.45, 7) is 6.01. The Morgan fingerprint density at radius 3 is 2.80 bits per heavy atom. The maximum atomic E-state index is 5.10. The molecule has 0 amide bonds. The average Bonchev–Trinajstić information content (AvgIpc) is 2.30. The minimum absolute atomic E-state index is 0.276. The highest BCUT2D eigenvalue weighted by molar-refractivity contribution is 5.84. The lowest BCUT2D eigenvalue weighted by Crippen LogP contribution is -2.49. The molecule has 0 spiro atoms. The molecule has 0 aliphatic carbocycles. The van der Waals surface area contributed by atoms with Crippen LogP contribution < -0.4 is 0 Å². The number of fused-ring (bicyclic) bond motifs is 3. The number of piperidine rings is 3. The number of hydrogen-bond donors (Lipinski definition) is 0. The number of oxime groups is 1. The monoisotopic (exact) mass is 206 g/mol. The molecule has 0 N–H and O–H groups in total.